The molecule has 158 valence electrons. The van der Waals surface area contributed by atoms with Crippen LogP contribution >= 0.6 is 24.8 Å². The predicted octanol–water partition coefficient (Wildman–Crippen LogP) is 4.73. The molecule has 4 rings (SSSR count). The van der Waals surface area contributed by atoms with E-state index in [-0.39, 0.29) is 24.8 Å². The number of benzene rings is 1. The fourth-order valence-corrected chi connectivity index (χ4v) is 3.59. The van der Waals surface area contributed by atoms with E-state index >= 15 is 0 Å². The van der Waals surface area contributed by atoms with Crippen LogP contribution in [0.3, 0.4) is 0 Å². The fourth-order valence-electron chi connectivity index (χ4n) is 3.59. The molecule has 0 spiro atoms. The number of aromatic amines is 1. The standard InChI is InChI=1S/C21H26N4O2.2ClH/c1-26-19-15-16(27-14-6-13-25-11-3-2-4-12-25)8-9-17(19)20-23-18-7-5-10-22-21(18)24-20;;/h5,7-10,15H,2-4,6,11-14H2,1H3,(H,22,23,24);2*1H. The van der Waals surface area contributed by atoms with Crippen molar-refractivity contribution in [1.29, 1.82) is 0 Å². The van der Waals surface area contributed by atoms with Crippen LogP contribution < -0.4 is 9.47 Å². The van der Waals surface area contributed by atoms with Gasteiger partial charge >= 0.3 is 0 Å². The van der Waals surface area contributed by atoms with E-state index in [2.05, 4.69) is 19.9 Å². The molecule has 1 aliphatic heterocycles. The highest BCUT2D eigenvalue weighted by atomic mass is 35.5. The Balaban J connectivity index is 0.00000150. The van der Waals surface area contributed by atoms with E-state index in [0.717, 1.165) is 41.4 Å². The molecule has 6 nitrogen and oxygen atoms in total. The fraction of sp³-hybridized carbons (Fsp3) is 0.429. The van der Waals surface area contributed by atoms with Gasteiger partial charge in [-0.1, -0.05) is 6.42 Å². The van der Waals surface area contributed by atoms with Gasteiger partial charge < -0.3 is 19.4 Å². The number of aromatic nitrogens is 3. The van der Waals surface area contributed by atoms with Gasteiger partial charge in [-0.2, -0.15) is 0 Å². The third-order valence-corrected chi connectivity index (χ3v) is 5.02. The Morgan fingerprint density at radius 1 is 1.10 bits per heavy atom. The molecule has 0 aliphatic carbocycles. The number of ether oxygens (including phenoxy) is 2. The van der Waals surface area contributed by atoms with Crippen molar-refractivity contribution in [2.24, 2.45) is 0 Å². The molecule has 3 aromatic rings. The summed E-state index contributed by atoms with van der Waals surface area (Å²) in [5.74, 6) is 2.31. The number of hydrogen-bond donors (Lipinski definition) is 1. The number of pyridine rings is 1. The lowest BCUT2D eigenvalue weighted by molar-refractivity contribution is 0.205. The van der Waals surface area contributed by atoms with Crippen LogP contribution in [0.15, 0.2) is 36.5 Å². The van der Waals surface area contributed by atoms with Crippen molar-refractivity contribution in [1.82, 2.24) is 19.9 Å². The highest BCUT2D eigenvalue weighted by Gasteiger charge is 2.13. The van der Waals surface area contributed by atoms with Crippen LogP contribution in [0.2, 0.25) is 0 Å². The third-order valence-electron chi connectivity index (χ3n) is 5.02. The second-order valence-corrected chi connectivity index (χ2v) is 6.93. The Bertz CT molecular complexity index is 864. The number of nitrogens with zero attached hydrogens (tertiary/aromatic N) is 3. The summed E-state index contributed by atoms with van der Waals surface area (Å²) in [6.45, 7) is 4.29. The van der Waals surface area contributed by atoms with Crippen molar-refractivity contribution >= 4 is 36.0 Å². The van der Waals surface area contributed by atoms with E-state index in [1.807, 2.05) is 30.3 Å². The predicted molar refractivity (Wildman–Crippen MR) is 121 cm³/mol. The Morgan fingerprint density at radius 2 is 1.93 bits per heavy atom. The monoisotopic (exact) mass is 438 g/mol. The van der Waals surface area contributed by atoms with Crippen LogP contribution in [0.4, 0.5) is 0 Å². The minimum atomic E-state index is 0. The van der Waals surface area contributed by atoms with Gasteiger partial charge in [0.2, 0.25) is 0 Å². The lowest BCUT2D eigenvalue weighted by Crippen LogP contribution is -2.31. The summed E-state index contributed by atoms with van der Waals surface area (Å²) in [5, 5.41) is 0. The van der Waals surface area contributed by atoms with Crippen LogP contribution in [0.25, 0.3) is 22.6 Å². The second-order valence-electron chi connectivity index (χ2n) is 6.93. The largest absolute Gasteiger partial charge is 0.496 e. The third kappa shape index (κ3) is 5.75. The zero-order valence-corrected chi connectivity index (χ0v) is 18.2. The van der Waals surface area contributed by atoms with Gasteiger partial charge in [-0.25, -0.2) is 9.97 Å². The van der Waals surface area contributed by atoms with Gasteiger partial charge in [0.15, 0.2) is 5.65 Å². The van der Waals surface area contributed by atoms with Crippen molar-refractivity contribution in [2.45, 2.75) is 25.7 Å². The maximum atomic E-state index is 5.94. The van der Waals surface area contributed by atoms with Crippen molar-refractivity contribution in [3.8, 4) is 22.9 Å². The summed E-state index contributed by atoms with van der Waals surface area (Å²) in [6.07, 6.45) is 6.82. The zero-order valence-electron chi connectivity index (χ0n) is 16.6. The van der Waals surface area contributed by atoms with Crippen molar-refractivity contribution in [3.63, 3.8) is 0 Å². The maximum Gasteiger partial charge on any atom is 0.178 e. The molecule has 0 atom stereocenters. The molecule has 1 aliphatic rings. The van der Waals surface area contributed by atoms with E-state index < -0.39 is 0 Å². The molecule has 1 saturated heterocycles. The minimum Gasteiger partial charge on any atom is -0.496 e. The summed E-state index contributed by atoms with van der Waals surface area (Å²) >= 11 is 0. The van der Waals surface area contributed by atoms with Crippen molar-refractivity contribution < 1.29 is 9.47 Å². The summed E-state index contributed by atoms with van der Waals surface area (Å²) in [5.41, 5.74) is 2.51. The number of methoxy groups -OCH3 is 1. The van der Waals surface area contributed by atoms with Crippen LogP contribution in [0.5, 0.6) is 11.5 Å². The quantitative estimate of drug-likeness (QED) is 0.540. The number of likely N-dealkylation sites (tertiary alicyclic amines) is 1. The van der Waals surface area contributed by atoms with Gasteiger partial charge in [-0.3, -0.25) is 0 Å². The van der Waals surface area contributed by atoms with Crippen LogP contribution in [-0.2, 0) is 0 Å². The first-order chi connectivity index (χ1) is 13.3. The Kier molecular flexibility index (Phi) is 9.01. The Labute approximate surface area is 183 Å². The summed E-state index contributed by atoms with van der Waals surface area (Å²) < 4.78 is 11.5. The Hall–Kier alpha value is -2.02. The molecular formula is C21H28Cl2N4O2. The molecule has 0 bridgehead atoms. The highest BCUT2D eigenvalue weighted by Crippen LogP contribution is 2.32. The van der Waals surface area contributed by atoms with E-state index in [1.54, 1.807) is 13.3 Å². The lowest BCUT2D eigenvalue weighted by Gasteiger charge is -2.26. The number of nitrogens with one attached hydrogen (secondary N) is 1. The van der Waals surface area contributed by atoms with E-state index in [4.69, 9.17) is 9.47 Å². The van der Waals surface area contributed by atoms with E-state index in [1.165, 1.54) is 32.4 Å². The summed E-state index contributed by atoms with van der Waals surface area (Å²) in [4.78, 5) is 14.7. The smallest absolute Gasteiger partial charge is 0.178 e. The van der Waals surface area contributed by atoms with Gasteiger partial charge in [0.05, 0.1) is 24.8 Å². The molecule has 1 aromatic carbocycles. The van der Waals surface area contributed by atoms with Gasteiger partial charge in [-0.15, -0.1) is 24.8 Å². The lowest BCUT2D eigenvalue weighted by atomic mass is 10.1. The number of imidazole rings is 1. The number of fused-ring (bicyclic) bond motifs is 1. The highest BCUT2D eigenvalue weighted by molar-refractivity contribution is 5.85. The first kappa shape index (κ1) is 23.3. The SMILES string of the molecule is COc1cc(OCCCN2CCCCC2)ccc1-c1nc2ncccc2[nH]1.Cl.Cl. The van der Waals surface area contributed by atoms with Gasteiger partial charge in [0, 0.05) is 18.8 Å². The van der Waals surface area contributed by atoms with Crippen LogP contribution in [0, 0.1) is 0 Å². The van der Waals surface area contributed by atoms with Crippen LogP contribution in [0.1, 0.15) is 25.7 Å². The van der Waals surface area contributed by atoms with Crippen LogP contribution in [-0.4, -0.2) is 53.2 Å². The second kappa shape index (κ2) is 11.2. The molecule has 2 aromatic heterocycles. The molecule has 0 unspecified atom stereocenters. The number of rotatable bonds is 7. The molecule has 1 N–H and O–H groups in total. The molecule has 1 fully saturated rings. The molecule has 3 heterocycles. The van der Waals surface area contributed by atoms with Gasteiger partial charge in [-0.05, 0) is 56.6 Å². The first-order valence-corrected chi connectivity index (χ1v) is 9.68. The van der Waals surface area contributed by atoms with Gasteiger partial charge in [0.1, 0.15) is 17.3 Å². The molecule has 29 heavy (non-hydrogen) atoms. The van der Waals surface area contributed by atoms with E-state index in [9.17, 15) is 0 Å². The van der Waals surface area contributed by atoms with E-state index in [0.29, 0.717) is 12.3 Å². The van der Waals surface area contributed by atoms with Crippen molar-refractivity contribution in [3.05, 3.63) is 36.5 Å². The molecule has 0 saturated carbocycles. The van der Waals surface area contributed by atoms with Crippen molar-refractivity contribution in [2.75, 3.05) is 33.4 Å². The Morgan fingerprint density at radius 3 is 2.69 bits per heavy atom. The summed E-state index contributed by atoms with van der Waals surface area (Å²) in [7, 11) is 1.67. The molecular weight excluding hydrogens is 411 g/mol. The number of H-pyrrole nitrogens is 1. The zero-order chi connectivity index (χ0) is 18.5. The summed E-state index contributed by atoms with van der Waals surface area (Å²) in [6, 6.07) is 9.74. The van der Waals surface area contributed by atoms with Gasteiger partial charge in [0.25, 0.3) is 0 Å². The number of hydrogen-bond acceptors (Lipinski definition) is 5. The minimum absolute atomic E-state index is 0. The number of piperidine rings is 1. The first-order valence-electron chi connectivity index (χ1n) is 9.68. The normalized spacial score (nSPS) is 14.1. The number of halogens is 2. The topological polar surface area (TPSA) is 63.3 Å². The molecule has 0 amide bonds. The molecule has 0 radical (unpaired) electrons. The average Bonchev–Trinajstić information content (AvgIpc) is 3.16. The average molecular weight is 439 g/mol. The molecule has 8 heteroatoms. The maximum absolute atomic E-state index is 5.94.